The van der Waals surface area contributed by atoms with E-state index in [9.17, 15) is 4.79 Å². The van der Waals surface area contributed by atoms with Gasteiger partial charge in [0.15, 0.2) is 5.82 Å². The molecule has 2 aromatic heterocycles. The summed E-state index contributed by atoms with van der Waals surface area (Å²) in [5, 5.41) is 10.7. The van der Waals surface area contributed by atoms with Crippen molar-refractivity contribution in [1.82, 2.24) is 20.1 Å². The average Bonchev–Trinajstić information content (AvgIpc) is 2.99. The van der Waals surface area contributed by atoms with Crippen LogP contribution >= 0.6 is 0 Å². The van der Waals surface area contributed by atoms with E-state index in [-0.39, 0.29) is 5.91 Å². The Bertz CT molecular complexity index is 899. The number of pyridine rings is 1. The van der Waals surface area contributed by atoms with Gasteiger partial charge < -0.3 is 10.6 Å². The minimum atomic E-state index is -0.179. The minimum absolute atomic E-state index is 0.179. The van der Waals surface area contributed by atoms with E-state index in [2.05, 4.69) is 27.6 Å². The quantitative estimate of drug-likeness (QED) is 0.717. The lowest BCUT2D eigenvalue weighted by molar-refractivity contribution is 0.102. The second-order valence-electron chi connectivity index (χ2n) is 6.14. The Balaban J connectivity index is 1.76. The van der Waals surface area contributed by atoms with Crippen LogP contribution in [0.4, 0.5) is 5.69 Å². The van der Waals surface area contributed by atoms with E-state index in [1.165, 1.54) is 0 Å². The summed E-state index contributed by atoms with van der Waals surface area (Å²) in [5.41, 5.74) is 4.30. The van der Waals surface area contributed by atoms with E-state index in [0.29, 0.717) is 17.9 Å². The van der Waals surface area contributed by atoms with Gasteiger partial charge >= 0.3 is 0 Å². The number of hydrogen-bond donors (Lipinski definition) is 2. The molecular weight excluding hydrogens is 326 g/mol. The molecule has 134 valence electrons. The summed E-state index contributed by atoms with van der Waals surface area (Å²) < 4.78 is 1.77. The normalized spacial score (nSPS) is 10.7. The number of anilines is 1. The minimum Gasteiger partial charge on any atom is -0.322 e. The molecule has 26 heavy (non-hydrogen) atoms. The van der Waals surface area contributed by atoms with Crippen LogP contribution in [0.5, 0.6) is 0 Å². The van der Waals surface area contributed by atoms with E-state index in [1.807, 2.05) is 44.2 Å². The predicted octanol–water partition coefficient (Wildman–Crippen LogP) is 3.25. The van der Waals surface area contributed by atoms with Gasteiger partial charge in [0.2, 0.25) is 0 Å². The van der Waals surface area contributed by atoms with E-state index in [1.54, 1.807) is 23.0 Å². The number of hydrogen-bond acceptors (Lipinski definition) is 4. The summed E-state index contributed by atoms with van der Waals surface area (Å²) in [5.74, 6) is 0.515. The molecule has 0 saturated heterocycles. The molecule has 6 heteroatoms. The molecule has 0 fully saturated rings. The molecule has 0 spiro atoms. The van der Waals surface area contributed by atoms with Crippen molar-refractivity contribution < 1.29 is 4.79 Å². The van der Waals surface area contributed by atoms with Crippen LogP contribution in [-0.4, -0.2) is 27.2 Å². The maximum absolute atomic E-state index is 12.6. The van der Waals surface area contributed by atoms with Gasteiger partial charge in [-0.3, -0.25) is 4.79 Å². The summed E-state index contributed by atoms with van der Waals surface area (Å²) in [6.45, 7) is 7.55. The Hall–Kier alpha value is -2.99. The van der Waals surface area contributed by atoms with Gasteiger partial charge in [0, 0.05) is 24.1 Å². The molecule has 3 rings (SSSR count). The number of aromatic nitrogens is 3. The first-order valence-corrected chi connectivity index (χ1v) is 8.68. The van der Waals surface area contributed by atoms with E-state index < -0.39 is 0 Å². The highest BCUT2D eigenvalue weighted by molar-refractivity contribution is 6.04. The Morgan fingerprint density at radius 1 is 1.15 bits per heavy atom. The Morgan fingerprint density at radius 3 is 2.62 bits per heavy atom. The number of amides is 1. The van der Waals surface area contributed by atoms with Crippen LogP contribution in [0.15, 0.2) is 48.7 Å². The fraction of sp³-hybridized carbons (Fsp3) is 0.250. The third kappa shape index (κ3) is 3.97. The second-order valence-corrected chi connectivity index (χ2v) is 6.14. The third-order valence-electron chi connectivity index (χ3n) is 4.07. The van der Waals surface area contributed by atoms with Crippen LogP contribution in [0.2, 0.25) is 0 Å². The zero-order valence-corrected chi connectivity index (χ0v) is 15.3. The second kappa shape index (κ2) is 7.93. The number of aryl methyl sites for hydroxylation is 2. The third-order valence-corrected chi connectivity index (χ3v) is 4.07. The predicted molar refractivity (Wildman–Crippen MR) is 103 cm³/mol. The number of para-hydroxylation sites is 1. The van der Waals surface area contributed by atoms with Crippen LogP contribution in [-0.2, 0) is 6.54 Å². The molecule has 0 aliphatic carbocycles. The van der Waals surface area contributed by atoms with Gasteiger partial charge in [-0.25, -0.2) is 9.67 Å². The molecule has 0 saturated carbocycles. The molecule has 0 aliphatic heterocycles. The highest BCUT2D eigenvalue weighted by atomic mass is 16.1. The molecule has 0 aliphatic rings. The first-order chi connectivity index (χ1) is 12.6. The van der Waals surface area contributed by atoms with Gasteiger partial charge in [0.1, 0.15) is 0 Å². The molecule has 2 N–H and O–H groups in total. The largest absolute Gasteiger partial charge is 0.322 e. The van der Waals surface area contributed by atoms with E-state index >= 15 is 0 Å². The fourth-order valence-corrected chi connectivity index (χ4v) is 2.76. The fourth-order valence-electron chi connectivity index (χ4n) is 2.76. The van der Waals surface area contributed by atoms with Crippen LogP contribution in [0, 0.1) is 13.8 Å². The Kier molecular flexibility index (Phi) is 5.43. The maximum atomic E-state index is 12.6. The van der Waals surface area contributed by atoms with E-state index in [4.69, 9.17) is 0 Å². The van der Waals surface area contributed by atoms with Crippen LogP contribution in [0.25, 0.3) is 5.82 Å². The maximum Gasteiger partial charge on any atom is 0.257 e. The smallest absolute Gasteiger partial charge is 0.257 e. The summed E-state index contributed by atoms with van der Waals surface area (Å²) in [6.07, 6.45) is 1.58. The van der Waals surface area contributed by atoms with Crippen molar-refractivity contribution in [3.63, 3.8) is 0 Å². The van der Waals surface area contributed by atoms with Gasteiger partial charge in [-0.1, -0.05) is 25.1 Å². The summed E-state index contributed by atoms with van der Waals surface area (Å²) in [7, 11) is 0. The van der Waals surface area contributed by atoms with Gasteiger partial charge in [-0.2, -0.15) is 5.10 Å². The van der Waals surface area contributed by atoms with Crippen molar-refractivity contribution in [1.29, 1.82) is 0 Å². The molecule has 0 atom stereocenters. The summed E-state index contributed by atoms with van der Waals surface area (Å²) >= 11 is 0. The zero-order valence-electron chi connectivity index (χ0n) is 15.3. The number of carbonyl (C=O) groups is 1. The topological polar surface area (TPSA) is 71.8 Å². The summed E-state index contributed by atoms with van der Waals surface area (Å²) in [4.78, 5) is 17.0. The van der Waals surface area contributed by atoms with Crippen LogP contribution < -0.4 is 10.6 Å². The molecule has 2 heterocycles. The first-order valence-electron chi connectivity index (χ1n) is 8.68. The van der Waals surface area contributed by atoms with Gasteiger partial charge in [0.25, 0.3) is 5.91 Å². The van der Waals surface area contributed by atoms with Crippen molar-refractivity contribution in [3.8, 4) is 5.82 Å². The number of benzene rings is 1. The number of nitrogens with one attached hydrogen (secondary N) is 2. The summed E-state index contributed by atoms with van der Waals surface area (Å²) in [6, 6.07) is 13.3. The molecule has 0 radical (unpaired) electrons. The van der Waals surface area contributed by atoms with Gasteiger partial charge in [-0.05, 0) is 50.2 Å². The lowest BCUT2D eigenvalue weighted by Crippen LogP contribution is -2.17. The molecule has 3 aromatic rings. The molecule has 6 nitrogen and oxygen atoms in total. The van der Waals surface area contributed by atoms with Crippen molar-refractivity contribution >= 4 is 11.6 Å². The van der Waals surface area contributed by atoms with Crippen molar-refractivity contribution in [2.45, 2.75) is 27.3 Å². The molecule has 0 bridgehead atoms. The highest BCUT2D eigenvalue weighted by Crippen LogP contribution is 2.17. The molecule has 1 amide bonds. The number of carbonyl (C=O) groups excluding carboxylic acids is 1. The molecular formula is C20H23N5O. The monoisotopic (exact) mass is 349 g/mol. The average molecular weight is 349 g/mol. The standard InChI is InChI=1S/C20H23N5O/c1-4-21-12-16-7-5-6-8-18(16)23-20(26)17-9-10-19(22-13-17)25-15(3)11-14(2)24-25/h5-11,13,21H,4,12H2,1-3H3,(H,23,26). The van der Waals surface area contributed by atoms with Crippen LogP contribution in [0.3, 0.4) is 0 Å². The molecule has 0 unspecified atom stereocenters. The molecule has 1 aromatic carbocycles. The number of rotatable bonds is 6. The Labute approximate surface area is 153 Å². The van der Waals surface area contributed by atoms with Crippen LogP contribution in [0.1, 0.15) is 34.2 Å². The van der Waals surface area contributed by atoms with Crippen molar-refractivity contribution in [2.24, 2.45) is 0 Å². The lowest BCUT2D eigenvalue weighted by Gasteiger charge is -2.11. The lowest BCUT2D eigenvalue weighted by atomic mass is 10.1. The SMILES string of the molecule is CCNCc1ccccc1NC(=O)c1ccc(-n2nc(C)cc2C)nc1. The first kappa shape index (κ1) is 17.8. The number of nitrogens with zero attached hydrogens (tertiary/aromatic N) is 3. The van der Waals surface area contributed by atoms with Gasteiger partial charge in [-0.15, -0.1) is 0 Å². The van der Waals surface area contributed by atoms with Crippen molar-refractivity contribution in [2.75, 3.05) is 11.9 Å². The van der Waals surface area contributed by atoms with Gasteiger partial charge in [0.05, 0.1) is 11.3 Å². The highest BCUT2D eigenvalue weighted by Gasteiger charge is 2.11. The van der Waals surface area contributed by atoms with Crippen molar-refractivity contribution in [3.05, 3.63) is 71.2 Å². The van der Waals surface area contributed by atoms with E-state index in [0.717, 1.165) is 29.2 Å². The zero-order chi connectivity index (χ0) is 18.5. The Morgan fingerprint density at radius 2 is 1.96 bits per heavy atom.